The Labute approximate surface area is 115 Å². The Kier molecular flexibility index (Phi) is 3.09. The van der Waals surface area contributed by atoms with Gasteiger partial charge in [-0.3, -0.25) is 0 Å². The molecule has 0 atom stereocenters. The summed E-state index contributed by atoms with van der Waals surface area (Å²) >= 11 is 5.80. The van der Waals surface area contributed by atoms with E-state index in [-0.39, 0.29) is 6.61 Å². The quantitative estimate of drug-likeness (QED) is 0.729. The van der Waals surface area contributed by atoms with Crippen LogP contribution in [-0.4, -0.2) is 9.97 Å². The standard InChI is InChI=1S/C14H11ClN2O2/c1-9-6-12-14(16-7-9)19-13(17-12)8-18-11-4-2-10(15)3-5-11/h2-7H,8H2,1H3. The summed E-state index contributed by atoms with van der Waals surface area (Å²) in [6.07, 6.45) is 1.75. The molecule has 0 bridgehead atoms. The zero-order valence-corrected chi connectivity index (χ0v) is 11.0. The summed E-state index contributed by atoms with van der Waals surface area (Å²) < 4.78 is 11.1. The van der Waals surface area contributed by atoms with Crippen molar-refractivity contribution in [1.29, 1.82) is 0 Å². The molecule has 0 fully saturated rings. The Morgan fingerprint density at radius 1 is 1.26 bits per heavy atom. The van der Waals surface area contributed by atoms with E-state index in [0.717, 1.165) is 16.8 Å². The van der Waals surface area contributed by atoms with Crippen LogP contribution in [0.4, 0.5) is 0 Å². The van der Waals surface area contributed by atoms with E-state index in [1.54, 1.807) is 30.5 Å². The minimum atomic E-state index is 0.261. The maximum atomic E-state index is 5.80. The van der Waals surface area contributed by atoms with Crippen molar-refractivity contribution in [3.63, 3.8) is 0 Å². The Hall–Kier alpha value is -2.07. The zero-order chi connectivity index (χ0) is 13.2. The normalized spacial score (nSPS) is 10.8. The van der Waals surface area contributed by atoms with Gasteiger partial charge in [-0.15, -0.1) is 0 Å². The van der Waals surface area contributed by atoms with Crippen LogP contribution in [0.25, 0.3) is 11.2 Å². The highest BCUT2D eigenvalue weighted by molar-refractivity contribution is 6.30. The van der Waals surface area contributed by atoms with Crippen molar-refractivity contribution in [1.82, 2.24) is 9.97 Å². The third kappa shape index (κ3) is 2.69. The number of rotatable bonds is 3. The van der Waals surface area contributed by atoms with Gasteiger partial charge in [-0.1, -0.05) is 11.6 Å². The lowest BCUT2D eigenvalue weighted by Gasteiger charge is -2.02. The SMILES string of the molecule is Cc1cnc2oc(COc3ccc(Cl)cc3)nc2c1. The molecule has 96 valence electrons. The Bertz CT molecular complexity index is 707. The third-order valence-corrected chi connectivity index (χ3v) is 2.86. The molecule has 0 N–H and O–H groups in total. The first-order chi connectivity index (χ1) is 9.20. The summed E-state index contributed by atoms with van der Waals surface area (Å²) in [6, 6.07) is 9.07. The van der Waals surface area contributed by atoms with E-state index < -0.39 is 0 Å². The summed E-state index contributed by atoms with van der Waals surface area (Å²) in [7, 11) is 0. The molecule has 0 spiro atoms. The molecule has 0 unspecified atom stereocenters. The number of benzene rings is 1. The number of pyridine rings is 1. The van der Waals surface area contributed by atoms with E-state index in [9.17, 15) is 0 Å². The van der Waals surface area contributed by atoms with E-state index in [4.69, 9.17) is 20.8 Å². The van der Waals surface area contributed by atoms with Crippen LogP contribution < -0.4 is 4.74 Å². The third-order valence-electron chi connectivity index (χ3n) is 2.60. The van der Waals surface area contributed by atoms with E-state index in [1.807, 2.05) is 13.0 Å². The van der Waals surface area contributed by atoms with Gasteiger partial charge in [-0.25, -0.2) is 9.97 Å². The molecule has 3 rings (SSSR count). The maximum absolute atomic E-state index is 5.80. The van der Waals surface area contributed by atoms with Crippen molar-refractivity contribution in [2.24, 2.45) is 0 Å². The maximum Gasteiger partial charge on any atom is 0.247 e. The number of fused-ring (bicyclic) bond motifs is 1. The lowest BCUT2D eigenvalue weighted by atomic mass is 10.3. The summed E-state index contributed by atoms with van der Waals surface area (Å²) in [6.45, 7) is 2.22. The number of aromatic nitrogens is 2. The molecule has 5 heteroatoms. The fourth-order valence-electron chi connectivity index (χ4n) is 1.71. The van der Waals surface area contributed by atoms with Gasteiger partial charge in [0.2, 0.25) is 11.6 Å². The average molecular weight is 275 g/mol. The second-order valence-corrected chi connectivity index (χ2v) is 4.62. The molecule has 2 heterocycles. The lowest BCUT2D eigenvalue weighted by molar-refractivity contribution is 0.266. The van der Waals surface area contributed by atoms with Crippen molar-refractivity contribution in [3.05, 3.63) is 53.0 Å². The summed E-state index contributed by atoms with van der Waals surface area (Å²) in [5.74, 6) is 1.22. The fourth-order valence-corrected chi connectivity index (χ4v) is 1.83. The number of hydrogen-bond donors (Lipinski definition) is 0. The zero-order valence-electron chi connectivity index (χ0n) is 10.3. The first-order valence-electron chi connectivity index (χ1n) is 5.81. The van der Waals surface area contributed by atoms with Gasteiger partial charge in [0.1, 0.15) is 11.3 Å². The van der Waals surface area contributed by atoms with Crippen LogP contribution in [0.2, 0.25) is 5.02 Å². The van der Waals surface area contributed by atoms with Crippen molar-refractivity contribution < 1.29 is 9.15 Å². The average Bonchev–Trinajstić information content (AvgIpc) is 2.80. The van der Waals surface area contributed by atoms with Gasteiger partial charge in [-0.05, 0) is 42.8 Å². The molecule has 0 amide bonds. The van der Waals surface area contributed by atoms with Crippen molar-refractivity contribution >= 4 is 22.8 Å². The second kappa shape index (κ2) is 4.90. The first kappa shape index (κ1) is 12.0. The van der Waals surface area contributed by atoms with Crippen LogP contribution in [0, 0.1) is 6.92 Å². The summed E-state index contributed by atoms with van der Waals surface area (Å²) in [4.78, 5) is 8.49. The number of oxazole rings is 1. The van der Waals surface area contributed by atoms with E-state index in [0.29, 0.717) is 16.6 Å². The molecule has 0 aliphatic carbocycles. The molecule has 0 radical (unpaired) electrons. The molecule has 19 heavy (non-hydrogen) atoms. The molecular weight excluding hydrogens is 264 g/mol. The molecule has 0 aliphatic heterocycles. The van der Waals surface area contributed by atoms with Gasteiger partial charge in [0.05, 0.1) is 0 Å². The van der Waals surface area contributed by atoms with Crippen LogP contribution in [0.15, 0.2) is 40.9 Å². The van der Waals surface area contributed by atoms with Crippen molar-refractivity contribution in [2.45, 2.75) is 13.5 Å². The smallest absolute Gasteiger partial charge is 0.247 e. The van der Waals surface area contributed by atoms with Crippen LogP contribution >= 0.6 is 11.6 Å². The Morgan fingerprint density at radius 3 is 2.84 bits per heavy atom. The minimum absolute atomic E-state index is 0.261. The Morgan fingerprint density at radius 2 is 2.05 bits per heavy atom. The minimum Gasteiger partial charge on any atom is -0.484 e. The monoisotopic (exact) mass is 274 g/mol. The second-order valence-electron chi connectivity index (χ2n) is 4.19. The first-order valence-corrected chi connectivity index (χ1v) is 6.19. The van der Waals surface area contributed by atoms with Gasteiger partial charge >= 0.3 is 0 Å². The van der Waals surface area contributed by atoms with E-state index >= 15 is 0 Å². The van der Waals surface area contributed by atoms with Crippen LogP contribution in [-0.2, 0) is 6.61 Å². The lowest BCUT2D eigenvalue weighted by Crippen LogP contribution is -1.94. The number of aryl methyl sites for hydroxylation is 1. The van der Waals surface area contributed by atoms with Crippen LogP contribution in [0.5, 0.6) is 5.75 Å². The fraction of sp³-hybridized carbons (Fsp3) is 0.143. The predicted octanol–water partition coefficient (Wildman–Crippen LogP) is 3.76. The topological polar surface area (TPSA) is 48.2 Å². The van der Waals surface area contributed by atoms with Crippen molar-refractivity contribution in [2.75, 3.05) is 0 Å². The molecule has 2 aromatic heterocycles. The predicted molar refractivity (Wildman–Crippen MR) is 72.3 cm³/mol. The highest BCUT2D eigenvalue weighted by atomic mass is 35.5. The van der Waals surface area contributed by atoms with Gasteiger partial charge < -0.3 is 9.15 Å². The van der Waals surface area contributed by atoms with Crippen LogP contribution in [0.1, 0.15) is 11.5 Å². The number of hydrogen-bond acceptors (Lipinski definition) is 4. The number of ether oxygens (including phenoxy) is 1. The number of nitrogens with zero attached hydrogens (tertiary/aromatic N) is 2. The highest BCUT2D eigenvalue weighted by Crippen LogP contribution is 2.18. The molecule has 0 saturated heterocycles. The summed E-state index contributed by atoms with van der Waals surface area (Å²) in [5, 5.41) is 0.675. The summed E-state index contributed by atoms with van der Waals surface area (Å²) in [5.41, 5.74) is 2.32. The number of halogens is 1. The molecule has 1 aromatic carbocycles. The molecule has 0 saturated carbocycles. The molecule has 0 aliphatic rings. The molecule has 4 nitrogen and oxygen atoms in total. The van der Waals surface area contributed by atoms with Gasteiger partial charge in [-0.2, -0.15) is 0 Å². The largest absolute Gasteiger partial charge is 0.484 e. The molecular formula is C14H11ClN2O2. The van der Waals surface area contributed by atoms with Gasteiger partial charge in [0.15, 0.2) is 6.61 Å². The van der Waals surface area contributed by atoms with Crippen molar-refractivity contribution in [3.8, 4) is 5.75 Å². The molecule has 3 aromatic rings. The van der Waals surface area contributed by atoms with E-state index in [2.05, 4.69) is 9.97 Å². The Balaban J connectivity index is 1.76. The van der Waals surface area contributed by atoms with Crippen LogP contribution in [0.3, 0.4) is 0 Å². The van der Waals surface area contributed by atoms with E-state index in [1.165, 1.54) is 0 Å². The van der Waals surface area contributed by atoms with Gasteiger partial charge in [0, 0.05) is 11.2 Å². The van der Waals surface area contributed by atoms with Gasteiger partial charge in [0.25, 0.3) is 0 Å². The highest BCUT2D eigenvalue weighted by Gasteiger charge is 2.07.